The Bertz CT molecular complexity index is 356. The third-order valence-electron chi connectivity index (χ3n) is 1.30. The molecule has 1 radical (unpaired) electrons. The minimum atomic E-state index is -3.78. The maximum atomic E-state index is 10.7. The van der Waals surface area contributed by atoms with Crippen LogP contribution in [-0.2, 0) is 10.0 Å². The number of benzene rings is 1. The van der Waals surface area contributed by atoms with Crippen molar-refractivity contribution in [3.05, 3.63) is 29.8 Å². The van der Waals surface area contributed by atoms with Crippen LogP contribution in [0.25, 0.3) is 0 Å². The van der Waals surface area contributed by atoms with Gasteiger partial charge in [0, 0.05) is 0 Å². The van der Waals surface area contributed by atoms with Crippen molar-refractivity contribution in [3.63, 3.8) is 0 Å². The Balaban J connectivity index is 3.28. The lowest BCUT2D eigenvalue weighted by molar-refractivity contribution is 0.596. The van der Waals surface area contributed by atoms with Gasteiger partial charge in [-0.05, 0) is 24.6 Å². The van der Waals surface area contributed by atoms with Gasteiger partial charge in [-0.15, -0.1) is 5.14 Å². The summed E-state index contributed by atoms with van der Waals surface area (Å²) in [6.45, 7) is 1.79. The Morgan fingerprint density at radius 2 is 2.00 bits per heavy atom. The van der Waals surface area contributed by atoms with Crippen LogP contribution < -0.4 is 5.14 Å². The van der Waals surface area contributed by atoms with Crippen LogP contribution in [0.2, 0.25) is 0 Å². The van der Waals surface area contributed by atoms with Gasteiger partial charge in [0.05, 0.1) is 4.90 Å². The van der Waals surface area contributed by atoms with Crippen molar-refractivity contribution in [2.24, 2.45) is 0 Å². The van der Waals surface area contributed by atoms with Gasteiger partial charge in [-0.3, -0.25) is 0 Å². The van der Waals surface area contributed by atoms with Gasteiger partial charge in [0.2, 0.25) is 0 Å². The summed E-state index contributed by atoms with van der Waals surface area (Å²) >= 11 is 0. The standard InChI is InChI=1S/C7H8NO2S/c1-6-3-2-4-7(5-6)11(8,9)10/h2-5,8H,1H3. The summed E-state index contributed by atoms with van der Waals surface area (Å²) in [5.41, 5.74) is 0.846. The SMILES string of the molecule is Cc1cccc(S([NH])(=O)=O)c1. The lowest BCUT2D eigenvalue weighted by atomic mass is 10.2. The average molecular weight is 170 g/mol. The fourth-order valence-corrected chi connectivity index (χ4v) is 1.38. The van der Waals surface area contributed by atoms with Gasteiger partial charge in [0.25, 0.3) is 10.0 Å². The molecule has 1 N–H and O–H groups in total. The van der Waals surface area contributed by atoms with Crippen molar-refractivity contribution in [1.29, 1.82) is 0 Å². The Labute approximate surface area is 65.9 Å². The Kier molecular flexibility index (Phi) is 1.97. The molecule has 11 heavy (non-hydrogen) atoms. The fourth-order valence-electron chi connectivity index (χ4n) is 0.783. The maximum absolute atomic E-state index is 10.7. The average Bonchev–Trinajstić information content (AvgIpc) is 1.86. The molecule has 0 bridgehead atoms. The molecular formula is C7H8NO2S. The summed E-state index contributed by atoms with van der Waals surface area (Å²) in [7, 11) is -3.78. The zero-order valence-electron chi connectivity index (χ0n) is 6.03. The molecule has 0 aliphatic heterocycles. The van der Waals surface area contributed by atoms with E-state index in [1.165, 1.54) is 12.1 Å². The van der Waals surface area contributed by atoms with E-state index in [9.17, 15) is 8.42 Å². The molecule has 59 valence electrons. The van der Waals surface area contributed by atoms with Crippen molar-refractivity contribution >= 4 is 10.0 Å². The summed E-state index contributed by atoms with van der Waals surface area (Å²) in [5, 5.41) is 6.74. The van der Waals surface area contributed by atoms with E-state index >= 15 is 0 Å². The minimum Gasteiger partial charge on any atom is -0.206 e. The van der Waals surface area contributed by atoms with Crippen LogP contribution in [0.1, 0.15) is 5.56 Å². The number of hydrogen-bond acceptors (Lipinski definition) is 2. The van der Waals surface area contributed by atoms with E-state index < -0.39 is 10.0 Å². The first-order valence-corrected chi connectivity index (χ1v) is 4.55. The lowest BCUT2D eigenvalue weighted by Crippen LogP contribution is -2.00. The molecule has 0 atom stereocenters. The third kappa shape index (κ3) is 2.03. The number of hydrogen-bond donors (Lipinski definition) is 0. The second-order valence-electron chi connectivity index (χ2n) is 2.32. The van der Waals surface area contributed by atoms with Crippen molar-refractivity contribution in [2.45, 2.75) is 11.8 Å². The van der Waals surface area contributed by atoms with E-state index in [0.29, 0.717) is 0 Å². The molecule has 0 fully saturated rings. The van der Waals surface area contributed by atoms with Crippen molar-refractivity contribution in [3.8, 4) is 0 Å². The van der Waals surface area contributed by atoms with Crippen LogP contribution in [0, 0.1) is 6.92 Å². The van der Waals surface area contributed by atoms with E-state index in [2.05, 4.69) is 0 Å². The van der Waals surface area contributed by atoms with Crippen LogP contribution in [0.3, 0.4) is 0 Å². The van der Waals surface area contributed by atoms with Gasteiger partial charge >= 0.3 is 0 Å². The van der Waals surface area contributed by atoms with Gasteiger partial charge < -0.3 is 0 Å². The van der Waals surface area contributed by atoms with E-state index in [1.807, 2.05) is 0 Å². The zero-order chi connectivity index (χ0) is 8.48. The van der Waals surface area contributed by atoms with Crippen LogP contribution in [0.15, 0.2) is 29.2 Å². The normalized spacial score (nSPS) is 11.5. The van der Waals surface area contributed by atoms with Crippen LogP contribution >= 0.6 is 0 Å². The summed E-state index contributed by atoms with van der Waals surface area (Å²) in [6.07, 6.45) is 0. The first kappa shape index (κ1) is 8.23. The smallest absolute Gasteiger partial charge is 0.206 e. The van der Waals surface area contributed by atoms with Crippen molar-refractivity contribution in [1.82, 2.24) is 5.14 Å². The minimum absolute atomic E-state index is 0.0532. The molecule has 3 nitrogen and oxygen atoms in total. The second-order valence-corrected chi connectivity index (χ2v) is 3.80. The molecule has 0 heterocycles. The van der Waals surface area contributed by atoms with Crippen molar-refractivity contribution < 1.29 is 8.42 Å². The van der Waals surface area contributed by atoms with Gasteiger partial charge in [0.15, 0.2) is 0 Å². The third-order valence-corrected chi connectivity index (χ3v) is 2.17. The molecule has 0 spiro atoms. The number of sulfonamides is 1. The first-order chi connectivity index (χ1) is 5.00. The molecule has 0 amide bonds. The van der Waals surface area contributed by atoms with Gasteiger partial charge in [-0.25, -0.2) is 8.42 Å². The molecule has 1 aromatic carbocycles. The van der Waals surface area contributed by atoms with Crippen molar-refractivity contribution in [2.75, 3.05) is 0 Å². The summed E-state index contributed by atoms with van der Waals surface area (Å²) in [6, 6.07) is 6.29. The van der Waals surface area contributed by atoms with Crippen LogP contribution in [-0.4, -0.2) is 8.42 Å². The zero-order valence-corrected chi connectivity index (χ0v) is 6.85. The summed E-state index contributed by atoms with van der Waals surface area (Å²) in [5.74, 6) is 0. The highest BCUT2D eigenvalue weighted by atomic mass is 32.2. The van der Waals surface area contributed by atoms with Gasteiger partial charge in [-0.1, -0.05) is 12.1 Å². The molecule has 1 aromatic rings. The predicted molar refractivity (Wildman–Crippen MR) is 41.5 cm³/mol. The maximum Gasteiger partial charge on any atom is 0.254 e. The quantitative estimate of drug-likeness (QED) is 0.630. The van der Waals surface area contributed by atoms with Crippen LogP contribution in [0.5, 0.6) is 0 Å². The van der Waals surface area contributed by atoms with E-state index in [0.717, 1.165) is 5.56 Å². The number of nitrogens with one attached hydrogen (secondary N) is 1. The molecule has 0 aliphatic rings. The molecule has 4 heteroatoms. The topological polar surface area (TPSA) is 57.9 Å². The highest BCUT2D eigenvalue weighted by Gasteiger charge is 2.06. The molecule has 0 saturated carbocycles. The summed E-state index contributed by atoms with van der Waals surface area (Å²) in [4.78, 5) is 0.0532. The highest BCUT2D eigenvalue weighted by Crippen LogP contribution is 2.08. The molecular weight excluding hydrogens is 162 g/mol. The largest absolute Gasteiger partial charge is 0.254 e. The molecule has 0 unspecified atom stereocenters. The Morgan fingerprint density at radius 1 is 1.36 bits per heavy atom. The first-order valence-electron chi connectivity index (χ1n) is 3.06. The number of rotatable bonds is 1. The van der Waals surface area contributed by atoms with Gasteiger partial charge in [0.1, 0.15) is 0 Å². The monoisotopic (exact) mass is 170 g/mol. The second kappa shape index (κ2) is 2.64. The van der Waals surface area contributed by atoms with E-state index in [-0.39, 0.29) is 4.90 Å². The molecule has 0 aliphatic carbocycles. The van der Waals surface area contributed by atoms with E-state index in [1.54, 1.807) is 19.1 Å². The number of aryl methyl sites for hydroxylation is 1. The molecule has 0 aromatic heterocycles. The molecule has 1 rings (SSSR count). The van der Waals surface area contributed by atoms with E-state index in [4.69, 9.17) is 5.14 Å². The lowest BCUT2D eigenvalue weighted by Gasteiger charge is -1.96. The highest BCUT2D eigenvalue weighted by molar-refractivity contribution is 7.88. The summed E-state index contributed by atoms with van der Waals surface area (Å²) < 4.78 is 21.3. The van der Waals surface area contributed by atoms with Gasteiger partial charge in [-0.2, -0.15) is 0 Å². The van der Waals surface area contributed by atoms with Crippen LogP contribution in [0.4, 0.5) is 0 Å². The molecule has 0 saturated heterocycles. The predicted octanol–water partition coefficient (Wildman–Crippen LogP) is 0.967. The Hall–Kier alpha value is -0.870. The fraction of sp³-hybridized carbons (Fsp3) is 0.143. The Morgan fingerprint density at radius 3 is 2.36 bits per heavy atom.